The number of esters is 3. The van der Waals surface area contributed by atoms with Crippen molar-refractivity contribution in [3.05, 3.63) is 72.9 Å². The number of hydrogen-bond acceptors (Lipinski definition) is 6. The topological polar surface area (TPSA) is 78.9 Å². The third-order valence-corrected chi connectivity index (χ3v) is 15.2. The van der Waals surface area contributed by atoms with Gasteiger partial charge in [-0.05, 0) is 109 Å². The van der Waals surface area contributed by atoms with Gasteiger partial charge in [-0.2, -0.15) is 0 Å². The van der Waals surface area contributed by atoms with Crippen molar-refractivity contribution in [3.8, 4) is 0 Å². The molecular weight excluding hydrogens is 973 g/mol. The Morgan fingerprint density at radius 1 is 0.253 bits per heavy atom. The van der Waals surface area contributed by atoms with Crippen molar-refractivity contribution in [2.24, 2.45) is 0 Å². The van der Waals surface area contributed by atoms with Crippen LogP contribution in [0.2, 0.25) is 0 Å². The van der Waals surface area contributed by atoms with Gasteiger partial charge in [0.05, 0.1) is 0 Å². The zero-order chi connectivity index (χ0) is 57.1. The first-order valence-corrected chi connectivity index (χ1v) is 34.4. The summed E-state index contributed by atoms with van der Waals surface area (Å²) in [5.41, 5.74) is 0. The van der Waals surface area contributed by atoms with Crippen LogP contribution in [0.15, 0.2) is 72.9 Å². The van der Waals surface area contributed by atoms with E-state index in [-0.39, 0.29) is 31.1 Å². The minimum atomic E-state index is -0.785. The Labute approximate surface area is 491 Å². The lowest BCUT2D eigenvalue weighted by Gasteiger charge is -2.18. The third-order valence-electron chi connectivity index (χ3n) is 15.2. The summed E-state index contributed by atoms with van der Waals surface area (Å²) in [7, 11) is 0. The molecule has 0 fully saturated rings. The van der Waals surface area contributed by atoms with Crippen molar-refractivity contribution in [1.82, 2.24) is 0 Å². The van der Waals surface area contributed by atoms with E-state index in [0.717, 1.165) is 96.3 Å². The van der Waals surface area contributed by atoms with Gasteiger partial charge >= 0.3 is 17.9 Å². The minimum absolute atomic E-state index is 0.0805. The predicted octanol–water partition coefficient (Wildman–Crippen LogP) is 23.7. The molecule has 0 saturated carbocycles. The van der Waals surface area contributed by atoms with Crippen LogP contribution in [0.5, 0.6) is 0 Å². The Hall–Kier alpha value is -3.15. The molecule has 0 heterocycles. The summed E-state index contributed by atoms with van der Waals surface area (Å²) in [6.07, 6.45) is 87.9. The molecule has 0 aromatic carbocycles. The fourth-order valence-electron chi connectivity index (χ4n) is 9.93. The van der Waals surface area contributed by atoms with Gasteiger partial charge in [0.25, 0.3) is 0 Å². The van der Waals surface area contributed by atoms with E-state index in [2.05, 4.69) is 93.7 Å². The van der Waals surface area contributed by atoms with Gasteiger partial charge in [0, 0.05) is 19.3 Å². The lowest BCUT2D eigenvalue weighted by molar-refractivity contribution is -0.167. The Bertz CT molecular complexity index is 1450. The van der Waals surface area contributed by atoms with Crippen molar-refractivity contribution in [1.29, 1.82) is 0 Å². The molecule has 0 saturated heterocycles. The minimum Gasteiger partial charge on any atom is -0.462 e. The van der Waals surface area contributed by atoms with Gasteiger partial charge < -0.3 is 14.2 Å². The van der Waals surface area contributed by atoms with Crippen LogP contribution in [0, 0.1) is 0 Å². The molecule has 0 aliphatic rings. The summed E-state index contributed by atoms with van der Waals surface area (Å²) >= 11 is 0. The second-order valence-corrected chi connectivity index (χ2v) is 23.1. The van der Waals surface area contributed by atoms with E-state index in [0.29, 0.717) is 19.3 Å². The molecule has 1 unspecified atom stereocenters. The average Bonchev–Trinajstić information content (AvgIpc) is 3.45. The van der Waals surface area contributed by atoms with E-state index in [1.807, 2.05) is 0 Å². The molecule has 6 nitrogen and oxygen atoms in total. The molecule has 0 amide bonds. The fourth-order valence-corrected chi connectivity index (χ4v) is 9.93. The van der Waals surface area contributed by atoms with Gasteiger partial charge in [0.15, 0.2) is 6.10 Å². The van der Waals surface area contributed by atoms with Gasteiger partial charge in [-0.3, -0.25) is 14.4 Å². The molecule has 0 N–H and O–H groups in total. The number of hydrogen-bond donors (Lipinski definition) is 0. The zero-order valence-corrected chi connectivity index (χ0v) is 52.6. The lowest BCUT2D eigenvalue weighted by atomic mass is 10.0. The maximum atomic E-state index is 12.9. The number of rotatable bonds is 63. The van der Waals surface area contributed by atoms with Crippen LogP contribution < -0.4 is 0 Å². The Morgan fingerprint density at radius 3 is 0.785 bits per heavy atom. The Kier molecular flexibility index (Phi) is 64.7. The second-order valence-electron chi connectivity index (χ2n) is 23.1. The highest BCUT2D eigenvalue weighted by Crippen LogP contribution is 2.17. The van der Waals surface area contributed by atoms with Crippen LogP contribution in [0.25, 0.3) is 0 Å². The second kappa shape index (κ2) is 67.4. The lowest BCUT2D eigenvalue weighted by Crippen LogP contribution is -2.30. The Balaban J connectivity index is 4.16. The maximum Gasteiger partial charge on any atom is 0.306 e. The first-order valence-electron chi connectivity index (χ1n) is 34.4. The zero-order valence-electron chi connectivity index (χ0n) is 52.6. The van der Waals surface area contributed by atoms with Crippen molar-refractivity contribution in [2.45, 2.75) is 361 Å². The summed E-state index contributed by atoms with van der Waals surface area (Å²) in [6.45, 7) is 6.59. The van der Waals surface area contributed by atoms with E-state index in [4.69, 9.17) is 14.2 Å². The molecule has 0 aliphatic carbocycles. The highest BCUT2D eigenvalue weighted by Gasteiger charge is 2.19. The van der Waals surface area contributed by atoms with Crippen molar-refractivity contribution >= 4 is 17.9 Å². The summed E-state index contributed by atoms with van der Waals surface area (Å²) in [6, 6.07) is 0. The van der Waals surface area contributed by atoms with Crippen LogP contribution in [0.3, 0.4) is 0 Å². The standard InChI is InChI=1S/C73H130O6/c1-4-7-10-13-16-19-22-24-26-28-30-31-32-33-34-35-36-37-38-39-40-41-43-44-46-48-51-54-57-60-63-66-72(75)78-69-70(68-77-71(74)65-62-59-56-53-50-21-18-15-12-9-6-3)79-73(76)67-64-61-58-55-52-49-47-45-42-29-27-25-23-20-17-14-11-8-5-2/h15,17-18,20,22,24-25,27-28,30,42,45,70H,4-14,16,19,21,23,26,29,31-41,43-44,46-69H2,1-3H3/b18-15-,20-17-,24-22-,27-25-,30-28-,45-42-. The van der Waals surface area contributed by atoms with Crippen molar-refractivity contribution in [3.63, 3.8) is 0 Å². The highest BCUT2D eigenvalue weighted by molar-refractivity contribution is 5.71. The fraction of sp³-hybridized carbons (Fsp3) is 0.795. The van der Waals surface area contributed by atoms with Crippen LogP contribution in [-0.2, 0) is 28.6 Å². The molecule has 1 atom stereocenters. The molecule has 0 bridgehead atoms. The summed E-state index contributed by atoms with van der Waals surface area (Å²) in [4.78, 5) is 38.3. The number of ether oxygens (including phenoxy) is 3. The van der Waals surface area contributed by atoms with E-state index in [1.165, 1.54) is 218 Å². The quantitative estimate of drug-likeness (QED) is 0.0261. The molecule has 0 rings (SSSR count). The highest BCUT2D eigenvalue weighted by atomic mass is 16.6. The summed E-state index contributed by atoms with van der Waals surface area (Å²) in [5.74, 6) is -0.887. The molecule has 0 aliphatic heterocycles. The summed E-state index contributed by atoms with van der Waals surface area (Å²) in [5, 5.41) is 0. The third kappa shape index (κ3) is 65.5. The van der Waals surface area contributed by atoms with Crippen LogP contribution >= 0.6 is 0 Å². The first kappa shape index (κ1) is 75.8. The van der Waals surface area contributed by atoms with E-state index in [1.54, 1.807) is 0 Å². The van der Waals surface area contributed by atoms with Gasteiger partial charge in [-0.15, -0.1) is 0 Å². The van der Waals surface area contributed by atoms with Gasteiger partial charge in [0.2, 0.25) is 0 Å². The SMILES string of the molecule is CCCC/C=C\CCCCCCCC(=O)OCC(COC(=O)CCCCCCCCCCCCCCCCCCCCC/C=C\C/C=C\CCCCCCC)OC(=O)CCCCCCCC/C=C\C/C=C\C/C=C\CCCCC. The molecule has 458 valence electrons. The average molecular weight is 1100 g/mol. The van der Waals surface area contributed by atoms with Gasteiger partial charge in [0.1, 0.15) is 13.2 Å². The molecule has 0 aromatic rings. The molecule has 0 spiro atoms. The monoisotopic (exact) mass is 1100 g/mol. The molecule has 6 heteroatoms. The Morgan fingerprint density at radius 2 is 0.468 bits per heavy atom. The van der Waals surface area contributed by atoms with E-state index in [9.17, 15) is 14.4 Å². The van der Waals surface area contributed by atoms with Crippen molar-refractivity contribution in [2.75, 3.05) is 13.2 Å². The van der Waals surface area contributed by atoms with Crippen LogP contribution in [0.1, 0.15) is 355 Å². The predicted molar refractivity (Wildman–Crippen MR) is 344 cm³/mol. The number of unbranched alkanes of at least 4 members (excludes halogenated alkanes) is 40. The molecule has 79 heavy (non-hydrogen) atoms. The maximum absolute atomic E-state index is 12.9. The largest absolute Gasteiger partial charge is 0.462 e. The smallest absolute Gasteiger partial charge is 0.306 e. The van der Waals surface area contributed by atoms with E-state index >= 15 is 0 Å². The van der Waals surface area contributed by atoms with Crippen LogP contribution in [0.4, 0.5) is 0 Å². The van der Waals surface area contributed by atoms with Crippen molar-refractivity contribution < 1.29 is 28.6 Å². The molecular formula is C73H130O6. The van der Waals surface area contributed by atoms with Crippen LogP contribution in [-0.4, -0.2) is 37.2 Å². The van der Waals surface area contributed by atoms with Gasteiger partial charge in [-0.25, -0.2) is 0 Å². The molecule has 0 radical (unpaired) electrons. The van der Waals surface area contributed by atoms with Gasteiger partial charge in [-0.1, -0.05) is 299 Å². The number of carbonyl (C=O) groups excluding carboxylic acids is 3. The summed E-state index contributed by atoms with van der Waals surface area (Å²) < 4.78 is 16.9. The van der Waals surface area contributed by atoms with E-state index < -0.39 is 6.10 Å². The number of allylic oxidation sites excluding steroid dienone is 12. The number of carbonyl (C=O) groups is 3. The first-order chi connectivity index (χ1) is 39.0. The molecule has 0 aromatic heterocycles. The normalized spacial score (nSPS) is 12.5.